The molecule has 0 radical (unpaired) electrons. The van der Waals surface area contributed by atoms with Gasteiger partial charge < -0.3 is 4.90 Å². The van der Waals surface area contributed by atoms with E-state index in [0.29, 0.717) is 28.6 Å². The zero-order valence-corrected chi connectivity index (χ0v) is 20.7. The molecule has 0 aliphatic carbocycles. The molecule has 0 bridgehead atoms. The predicted octanol–water partition coefficient (Wildman–Crippen LogP) is 4.33. The number of sulfonamides is 1. The van der Waals surface area contributed by atoms with Gasteiger partial charge in [0, 0.05) is 16.6 Å². The van der Waals surface area contributed by atoms with Gasteiger partial charge in [0.05, 0.1) is 11.3 Å². The summed E-state index contributed by atoms with van der Waals surface area (Å²) in [4.78, 5) is 27.1. The summed E-state index contributed by atoms with van der Waals surface area (Å²) in [7, 11) is -4.07. The van der Waals surface area contributed by atoms with Gasteiger partial charge in [-0.05, 0) is 54.2 Å². The Hall–Kier alpha value is -2.09. The minimum atomic E-state index is -4.07. The van der Waals surface area contributed by atoms with E-state index in [1.165, 1.54) is 17.0 Å². The summed E-state index contributed by atoms with van der Waals surface area (Å²) in [5.41, 5.74) is 0.182. The van der Waals surface area contributed by atoms with Gasteiger partial charge in [0.1, 0.15) is 5.54 Å². The molecule has 1 N–H and O–H groups in total. The number of amides is 2. The Labute approximate surface area is 198 Å². The lowest BCUT2D eigenvalue weighted by atomic mass is 9.85. The molecule has 0 aromatic heterocycles. The fraction of sp³-hybridized carbons (Fsp3) is 0.391. The number of hydrogen-bond donors (Lipinski definition) is 1. The minimum absolute atomic E-state index is 0.00686. The molecule has 172 valence electrons. The van der Waals surface area contributed by atoms with Crippen LogP contribution in [0.15, 0.2) is 47.4 Å². The van der Waals surface area contributed by atoms with Crippen molar-refractivity contribution in [3.05, 3.63) is 63.6 Å². The molecule has 32 heavy (non-hydrogen) atoms. The Morgan fingerprint density at radius 1 is 1.09 bits per heavy atom. The first-order chi connectivity index (χ1) is 14.7. The monoisotopic (exact) mass is 496 g/mol. The van der Waals surface area contributed by atoms with Gasteiger partial charge in [-0.3, -0.25) is 9.59 Å². The van der Waals surface area contributed by atoms with E-state index < -0.39 is 21.5 Å². The number of hydrogen-bond acceptors (Lipinski definition) is 4. The van der Waals surface area contributed by atoms with Crippen LogP contribution in [-0.4, -0.2) is 37.2 Å². The Morgan fingerprint density at radius 2 is 1.72 bits per heavy atom. The second-order valence-electron chi connectivity index (χ2n) is 9.19. The number of halogens is 2. The Bertz CT molecular complexity index is 1160. The summed E-state index contributed by atoms with van der Waals surface area (Å²) < 4.78 is 27.7. The highest BCUT2D eigenvalue weighted by Crippen LogP contribution is 2.33. The van der Waals surface area contributed by atoms with Gasteiger partial charge in [-0.25, -0.2) is 13.1 Å². The van der Waals surface area contributed by atoms with Gasteiger partial charge in [-0.15, -0.1) is 0 Å². The molecule has 1 atom stereocenters. The lowest BCUT2D eigenvalue weighted by molar-refractivity contribution is -0.156. The maximum absolute atomic E-state index is 12.9. The van der Waals surface area contributed by atoms with Crippen molar-refractivity contribution in [2.45, 2.75) is 56.4 Å². The van der Waals surface area contributed by atoms with Crippen LogP contribution in [0.1, 0.15) is 45.2 Å². The number of benzene rings is 2. The van der Waals surface area contributed by atoms with Gasteiger partial charge in [0.2, 0.25) is 5.91 Å². The summed E-state index contributed by atoms with van der Waals surface area (Å²) in [5.74, 6) is -1.05. The van der Waals surface area contributed by atoms with Crippen molar-refractivity contribution in [3.63, 3.8) is 0 Å². The van der Waals surface area contributed by atoms with Crippen LogP contribution in [0.4, 0.5) is 0 Å². The summed E-state index contributed by atoms with van der Waals surface area (Å²) in [5, 5.41) is 0.818. The molecule has 1 heterocycles. The average molecular weight is 497 g/mol. The first kappa shape index (κ1) is 24.6. The number of carbonyl (C=O) groups excluding carboxylic acids is 2. The van der Waals surface area contributed by atoms with Crippen molar-refractivity contribution in [3.8, 4) is 0 Å². The van der Waals surface area contributed by atoms with Crippen molar-refractivity contribution >= 4 is 45.0 Å². The van der Waals surface area contributed by atoms with Gasteiger partial charge in [0.25, 0.3) is 15.9 Å². The van der Waals surface area contributed by atoms with Crippen LogP contribution in [0.5, 0.6) is 0 Å². The van der Waals surface area contributed by atoms with E-state index >= 15 is 0 Å². The molecular weight excluding hydrogens is 471 g/mol. The largest absolute Gasteiger partial charge is 0.328 e. The van der Waals surface area contributed by atoms with E-state index in [0.717, 1.165) is 5.56 Å². The number of nitrogens with one attached hydrogen (secondary N) is 1. The normalized spacial score (nSPS) is 18.8. The van der Waals surface area contributed by atoms with Crippen LogP contribution in [0.3, 0.4) is 0 Å². The van der Waals surface area contributed by atoms with E-state index in [9.17, 15) is 18.0 Å². The van der Waals surface area contributed by atoms with E-state index in [1.807, 2.05) is 20.8 Å². The maximum Gasteiger partial charge on any atom is 0.264 e. The SMILES string of the molecule is CC(C)(C)c1ccc(S(=O)(=O)NC(=O)C2(C)CCN2C(=O)Cc2ccc(Cl)cc2Cl)cc1. The molecular formula is C23H26Cl2N2O4S. The highest BCUT2D eigenvalue weighted by molar-refractivity contribution is 7.90. The number of nitrogens with zero attached hydrogens (tertiary/aromatic N) is 1. The van der Waals surface area contributed by atoms with E-state index in [-0.39, 0.29) is 22.6 Å². The summed E-state index contributed by atoms with van der Waals surface area (Å²) >= 11 is 12.0. The van der Waals surface area contributed by atoms with E-state index in [2.05, 4.69) is 4.72 Å². The van der Waals surface area contributed by atoms with Crippen LogP contribution < -0.4 is 4.72 Å². The first-order valence-corrected chi connectivity index (χ1v) is 12.4. The van der Waals surface area contributed by atoms with Crippen molar-refractivity contribution in [1.82, 2.24) is 9.62 Å². The highest BCUT2D eigenvalue weighted by atomic mass is 35.5. The lowest BCUT2D eigenvalue weighted by Crippen LogP contribution is -2.68. The maximum atomic E-state index is 12.9. The Kier molecular flexibility index (Phi) is 6.67. The fourth-order valence-electron chi connectivity index (χ4n) is 3.54. The predicted molar refractivity (Wildman–Crippen MR) is 125 cm³/mol. The zero-order valence-electron chi connectivity index (χ0n) is 18.4. The van der Waals surface area contributed by atoms with Gasteiger partial charge in [-0.1, -0.05) is 62.2 Å². The smallest absolute Gasteiger partial charge is 0.264 e. The van der Waals surface area contributed by atoms with Gasteiger partial charge in [-0.2, -0.15) is 0 Å². The molecule has 1 aliphatic rings. The Balaban J connectivity index is 1.72. The molecule has 2 amide bonds. The zero-order chi connectivity index (χ0) is 23.9. The molecule has 1 fully saturated rings. The second kappa shape index (κ2) is 8.69. The fourth-order valence-corrected chi connectivity index (χ4v) is 5.09. The van der Waals surface area contributed by atoms with Crippen molar-refractivity contribution < 1.29 is 18.0 Å². The van der Waals surface area contributed by atoms with Crippen LogP contribution in [0.25, 0.3) is 0 Å². The van der Waals surface area contributed by atoms with Gasteiger partial charge in [0.15, 0.2) is 0 Å². The molecule has 6 nitrogen and oxygen atoms in total. The molecule has 0 saturated carbocycles. The van der Waals surface area contributed by atoms with Gasteiger partial charge >= 0.3 is 0 Å². The molecule has 2 aromatic rings. The van der Waals surface area contributed by atoms with E-state index in [1.54, 1.807) is 37.3 Å². The third-order valence-electron chi connectivity index (χ3n) is 5.82. The molecule has 2 aromatic carbocycles. The molecule has 9 heteroatoms. The van der Waals surface area contributed by atoms with Crippen molar-refractivity contribution in [1.29, 1.82) is 0 Å². The molecule has 0 spiro atoms. The molecule has 1 unspecified atom stereocenters. The second-order valence-corrected chi connectivity index (χ2v) is 11.7. The van der Waals surface area contributed by atoms with Crippen LogP contribution >= 0.6 is 23.2 Å². The number of likely N-dealkylation sites (tertiary alicyclic amines) is 1. The topological polar surface area (TPSA) is 83.6 Å². The number of rotatable bonds is 5. The Morgan fingerprint density at radius 3 is 2.22 bits per heavy atom. The average Bonchev–Trinajstić information content (AvgIpc) is 2.67. The molecule has 1 aliphatic heterocycles. The molecule has 3 rings (SSSR count). The lowest BCUT2D eigenvalue weighted by Gasteiger charge is -2.49. The minimum Gasteiger partial charge on any atom is -0.328 e. The summed E-state index contributed by atoms with van der Waals surface area (Å²) in [6.07, 6.45) is 0.345. The highest BCUT2D eigenvalue weighted by Gasteiger charge is 2.50. The van der Waals surface area contributed by atoms with Crippen LogP contribution in [0, 0.1) is 0 Å². The van der Waals surface area contributed by atoms with Crippen LogP contribution in [0.2, 0.25) is 10.0 Å². The van der Waals surface area contributed by atoms with Crippen LogP contribution in [-0.2, 0) is 31.4 Å². The summed E-state index contributed by atoms with van der Waals surface area (Å²) in [6, 6.07) is 11.3. The third kappa shape index (κ3) is 4.95. The van der Waals surface area contributed by atoms with E-state index in [4.69, 9.17) is 23.2 Å². The molecule has 1 saturated heterocycles. The van der Waals surface area contributed by atoms with Crippen molar-refractivity contribution in [2.24, 2.45) is 0 Å². The quantitative estimate of drug-likeness (QED) is 0.667. The third-order valence-corrected chi connectivity index (χ3v) is 7.76. The van der Waals surface area contributed by atoms with Crippen molar-refractivity contribution in [2.75, 3.05) is 6.54 Å². The first-order valence-electron chi connectivity index (χ1n) is 10.2. The summed E-state index contributed by atoms with van der Waals surface area (Å²) in [6.45, 7) is 8.00. The number of carbonyl (C=O) groups is 2. The standard InChI is InChI=1S/C23H26Cl2N2O4S/c1-22(2,3)16-6-9-18(10-7-16)32(30,31)26-21(29)23(4)11-12-27(23)20(28)13-15-5-8-17(24)14-19(15)25/h5-10,14H,11-13H2,1-4H3,(H,26,29).